The number of allylic oxidation sites excluding steroid dienone is 3. The first-order valence-corrected chi connectivity index (χ1v) is 13.0. The molecule has 0 aliphatic carbocycles. The molecule has 0 aromatic carbocycles. The Labute approximate surface area is 193 Å². The average Bonchev–Trinajstić information content (AvgIpc) is 2.67. The Bertz CT molecular complexity index is 661. The maximum atomic E-state index is 13.0. The van der Waals surface area contributed by atoms with Crippen LogP contribution in [0.2, 0.25) is 0 Å². The number of amides is 1. The van der Waals surface area contributed by atoms with Crippen LogP contribution in [-0.4, -0.2) is 50.2 Å². The highest BCUT2D eigenvalue weighted by atomic mass is 31.2. The number of hydrogen-bond donors (Lipinski definition) is 1. The second kappa shape index (κ2) is 16.9. The summed E-state index contributed by atoms with van der Waals surface area (Å²) in [4.78, 5) is 24.4. The van der Waals surface area contributed by atoms with E-state index in [1.807, 2.05) is 19.9 Å². The van der Waals surface area contributed by atoms with E-state index in [1.165, 1.54) is 11.1 Å². The lowest BCUT2D eigenvalue weighted by Gasteiger charge is -2.24. The Kier molecular flexibility index (Phi) is 16.1. The van der Waals surface area contributed by atoms with Gasteiger partial charge in [-0.2, -0.15) is 0 Å². The van der Waals surface area contributed by atoms with E-state index in [-0.39, 0.29) is 38.9 Å². The third kappa shape index (κ3) is 13.0. The molecule has 0 saturated carbocycles. The zero-order valence-electron chi connectivity index (χ0n) is 20.8. The Morgan fingerprint density at radius 3 is 2.16 bits per heavy atom. The minimum atomic E-state index is -3.68. The van der Waals surface area contributed by atoms with Crippen molar-refractivity contribution in [2.75, 3.05) is 26.4 Å². The van der Waals surface area contributed by atoms with Crippen molar-refractivity contribution in [1.82, 2.24) is 5.32 Å². The molecule has 0 bridgehead atoms. The summed E-state index contributed by atoms with van der Waals surface area (Å²) in [6.07, 6.45) is 6.00. The van der Waals surface area contributed by atoms with E-state index in [9.17, 15) is 14.2 Å². The Morgan fingerprint density at radius 1 is 1.00 bits per heavy atom. The monoisotopic (exact) mass is 475 g/mol. The standard InChI is InChI=1S/C23H42NO7P/c1-8-28-22(25)21(32(27,30-9-2)31-10-3)15-12-16-29-23(26)24-20(7)17-19(6)14-11-13-18(4)5/h13,17,20-21H,8-12,14-16H2,1-7H3,(H,24,26). The maximum absolute atomic E-state index is 13.0. The molecule has 0 aliphatic heterocycles. The third-order valence-electron chi connectivity index (χ3n) is 4.38. The van der Waals surface area contributed by atoms with E-state index in [2.05, 4.69) is 25.2 Å². The van der Waals surface area contributed by atoms with Crippen molar-refractivity contribution in [3.05, 3.63) is 23.3 Å². The normalized spacial score (nSPS) is 13.8. The number of alkyl carbamates (subject to hydrolysis) is 1. The van der Waals surface area contributed by atoms with Gasteiger partial charge in [0.1, 0.15) is 0 Å². The lowest BCUT2D eigenvalue weighted by atomic mass is 10.1. The smallest absolute Gasteiger partial charge is 0.407 e. The Morgan fingerprint density at radius 2 is 1.62 bits per heavy atom. The summed E-state index contributed by atoms with van der Waals surface area (Å²) in [5.41, 5.74) is 1.42. The lowest BCUT2D eigenvalue weighted by molar-refractivity contribution is -0.143. The van der Waals surface area contributed by atoms with Gasteiger partial charge in [0.25, 0.3) is 0 Å². The van der Waals surface area contributed by atoms with E-state index in [4.69, 9.17) is 18.5 Å². The highest BCUT2D eigenvalue weighted by molar-refractivity contribution is 7.55. The second-order valence-electron chi connectivity index (χ2n) is 7.69. The van der Waals surface area contributed by atoms with Gasteiger partial charge in [-0.3, -0.25) is 9.36 Å². The molecule has 186 valence electrons. The molecule has 0 aromatic heterocycles. The molecule has 0 aromatic rings. The van der Waals surface area contributed by atoms with Gasteiger partial charge in [0.2, 0.25) is 0 Å². The molecule has 32 heavy (non-hydrogen) atoms. The van der Waals surface area contributed by atoms with Crippen LogP contribution in [0.15, 0.2) is 23.3 Å². The molecule has 2 atom stereocenters. The SMILES string of the molecule is CCOC(=O)C(CCCOC(=O)NC(C)C=C(C)CCC=C(C)C)P(=O)(OCC)OCC. The van der Waals surface area contributed by atoms with Crippen LogP contribution >= 0.6 is 7.60 Å². The molecular weight excluding hydrogens is 433 g/mol. The maximum Gasteiger partial charge on any atom is 0.407 e. The molecule has 2 unspecified atom stereocenters. The van der Waals surface area contributed by atoms with Crippen LogP contribution in [0, 0.1) is 0 Å². The summed E-state index contributed by atoms with van der Waals surface area (Å²) < 4.78 is 33.9. The van der Waals surface area contributed by atoms with Crippen molar-refractivity contribution in [3.8, 4) is 0 Å². The molecule has 0 fully saturated rings. The van der Waals surface area contributed by atoms with Gasteiger partial charge in [0.15, 0.2) is 5.66 Å². The van der Waals surface area contributed by atoms with Crippen molar-refractivity contribution >= 4 is 19.7 Å². The van der Waals surface area contributed by atoms with Crippen LogP contribution in [0.4, 0.5) is 4.79 Å². The quantitative estimate of drug-likeness (QED) is 0.131. The lowest BCUT2D eigenvalue weighted by Crippen LogP contribution is -2.32. The van der Waals surface area contributed by atoms with Crippen molar-refractivity contribution in [2.24, 2.45) is 0 Å². The third-order valence-corrected chi connectivity index (χ3v) is 6.85. The van der Waals surface area contributed by atoms with Crippen LogP contribution in [0.5, 0.6) is 0 Å². The zero-order valence-corrected chi connectivity index (χ0v) is 21.7. The molecule has 0 spiro atoms. The minimum Gasteiger partial charge on any atom is -0.465 e. The average molecular weight is 476 g/mol. The summed E-state index contributed by atoms with van der Waals surface area (Å²) >= 11 is 0. The topological polar surface area (TPSA) is 100 Å². The number of rotatable bonds is 16. The molecular formula is C23H42NO7P. The van der Waals surface area contributed by atoms with E-state index in [0.29, 0.717) is 6.42 Å². The fraction of sp³-hybridized carbons (Fsp3) is 0.739. The molecule has 1 N–H and O–H groups in total. The van der Waals surface area contributed by atoms with Gasteiger partial charge in [-0.25, -0.2) is 4.79 Å². The van der Waals surface area contributed by atoms with Crippen molar-refractivity contribution in [2.45, 2.75) is 85.9 Å². The van der Waals surface area contributed by atoms with Crippen LogP contribution in [-0.2, 0) is 27.9 Å². The number of esters is 1. The molecule has 9 heteroatoms. The van der Waals surface area contributed by atoms with Gasteiger partial charge in [0, 0.05) is 6.04 Å². The highest BCUT2D eigenvalue weighted by Gasteiger charge is 2.41. The number of carbonyl (C=O) groups excluding carboxylic acids is 2. The zero-order chi connectivity index (χ0) is 24.6. The molecule has 0 heterocycles. The van der Waals surface area contributed by atoms with Gasteiger partial charge >= 0.3 is 19.7 Å². The summed E-state index contributed by atoms with van der Waals surface area (Å²) in [5, 5.41) is 2.76. The minimum absolute atomic E-state index is 0.0655. The van der Waals surface area contributed by atoms with Crippen molar-refractivity contribution < 1.29 is 32.7 Å². The first-order valence-electron chi connectivity index (χ1n) is 11.4. The number of ether oxygens (including phenoxy) is 2. The van der Waals surface area contributed by atoms with E-state index in [0.717, 1.165) is 12.8 Å². The molecule has 1 amide bonds. The second-order valence-corrected chi connectivity index (χ2v) is 9.91. The Hall–Kier alpha value is -1.63. The molecule has 0 aliphatic rings. The first kappa shape index (κ1) is 30.4. The molecule has 0 rings (SSSR count). The fourth-order valence-electron chi connectivity index (χ4n) is 3.03. The van der Waals surface area contributed by atoms with Crippen LogP contribution in [0.3, 0.4) is 0 Å². The van der Waals surface area contributed by atoms with E-state index in [1.54, 1.807) is 20.8 Å². The predicted molar refractivity (Wildman–Crippen MR) is 127 cm³/mol. The predicted octanol–water partition coefficient (Wildman–Crippen LogP) is 5.77. The first-order chi connectivity index (χ1) is 15.1. The highest BCUT2D eigenvalue weighted by Crippen LogP contribution is 2.55. The number of nitrogens with one attached hydrogen (secondary N) is 1. The molecule has 0 saturated heterocycles. The summed E-state index contributed by atoms with van der Waals surface area (Å²) in [5.74, 6) is -0.635. The van der Waals surface area contributed by atoms with Gasteiger partial charge in [-0.05, 0) is 74.1 Å². The summed E-state index contributed by atoms with van der Waals surface area (Å²) in [7, 11) is -3.68. The molecule has 0 radical (unpaired) electrons. The van der Waals surface area contributed by atoms with Gasteiger partial charge in [-0.1, -0.05) is 23.3 Å². The summed E-state index contributed by atoms with van der Waals surface area (Å²) in [6, 6.07) is -0.169. The number of hydrogen-bond acceptors (Lipinski definition) is 7. The molecule has 8 nitrogen and oxygen atoms in total. The van der Waals surface area contributed by atoms with Crippen molar-refractivity contribution in [3.63, 3.8) is 0 Å². The summed E-state index contributed by atoms with van der Waals surface area (Å²) in [6.45, 7) is 13.6. The fourth-order valence-corrected chi connectivity index (χ4v) is 5.02. The van der Waals surface area contributed by atoms with Crippen LogP contribution in [0.25, 0.3) is 0 Å². The largest absolute Gasteiger partial charge is 0.465 e. The van der Waals surface area contributed by atoms with Crippen LogP contribution < -0.4 is 5.32 Å². The van der Waals surface area contributed by atoms with Crippen LogP contribution in [0.1, 0.15) is 74.1 Å². The van der Waals surface area contributed by atoms with Gasteiger partial charge in [-0.15, -0.1) is 0 Å². The van der Waals surface area contributed by atoms with Gasteiger partial charge < -0.3 is 23.8 Å². The van der Waals surface area contributed by atoms with Gasteiger partial charge in [0.05, 0.1) is 26.4 Å². The number of carbonyl (C=O) groups is 2. The van der Waals surface area contributed by atoms with E-state index >= 15 is 0 Å². The van der Waals surface area contributed by atoms with E-state index < -0.39 is 25.3 Å². The Balaban J connectivity index is 4.68. The van der Waals surface area contributed by atoms with Crippen molar-refractivity contribution in [1.29, 1.82) is 0 Å².